The van der Waals surface area contributed by atoms with Crippen LogP contribution >= 0.6 is 0 Å². The second kappa shape index (κ2) is 6.57. The number of aliphatic carboxylic acids is 1. The SMILES string of the molecule is CC1CN(C)CCCN1C(=O)CC(C)(C(=O)O)C(C)C. The zero-order valence-electron chi connectivity index (χ0n) is 13.3. The maximum Gasteiger partial charge on any atom is 0.310 e. The third-order valence-corrected chi connectivity index (χ3v) is 4.65. The number of amides is 1. The zero-order chi connectivity index (χ0) is 15.5. The van der Waals surface area contributed by atoms with E-state index in [1.807, 2.05) is 25.7 Å². The lowest BCUT2D eigenvalue weighted by Gasteiger charge is -2.34. The van der Waals surface area contributed by atoms with Crippen molar-refractivity contribution in [3.63, 3.8) is 0 Å². The Balaban J connectivity index is 2.81. The van der Waals surface area contributed by atoms with Gasteiger partial charge in [-0.05, 0) is 39.8 Å². The van der Waals surface area contributed by atoms with Crippen LogP contribution in [0.15, 0.2) is 0 Å². The van der Waals surface area contributed by atoms with Gasteiger partial charge in [-0.25, -0.2) is 0 Å². The number of hydrogen-bond acceptors (Lipinski definition) is 3. The molecule has 0 radical (unpaired) electrons. The molecule has 0 aromatic rings. The molecule has 5 nitrogen and oxygen atoms in total. The van der Waals surface area contributed by atoms with Crippen LogP contribution in [0.1, 0.15) is 40.5 Å². The summed E-state index contributed by atoms with van der Waals surface area (Å²) in [5.41, 5.74) is -0.991. The lowest BCUT2D eigenvalue weighted by molar-refractivity contribution is -0.156. The number of nitrogens with zero attached hydrogens (tertiary/aromatic N) is 2. The van der Waals surface area contributed by atoms with E-state index < -0.39 is 11.4 Å². The minimum absolute atomic E-state index is 0.0357. The first-order valence-corrected chi connectivity index (χ1v) is 7.40. The number of hydrogen-bond donors (Lipinski definition) is 1. The molecule has 0 aliphatic carbocycles. The normalized spacial score (nSPS) is 24.3. The fourth-order valence-electron chi connectivity index (χ4n) is 2.69. The van der Waals surface area contributed by atoms with Crippen LogP contribution in [0.25, 0.3) is 0 Å². The predicted octanol–water partition coefficient (Wildman–Crippen LogP) is 1.68. The van der Waals surface area contributed by atoms with Crippen LogP contribution in [-0.4, -0.2) is 59.5 Å². The van der Waals surface area contributed by atoms with E-state index in [0.717, 1.165) is 26.1 Å². The van der Waals surface area contributed by atoms with Gasteiger partial charge in [0.15, 0.2) is 0 Å². The third-order valence-electron chi connectivity index (χ3n) is 4.65. The molecule has 1 fully saturated rings. The Bertz CT molecular complexity index is 370. The Hall–Kier alpha value is -1.10. The van der Waals surface area contributed by atoms with E-state index in [-0.39, 0.29) is 24.3 Å². The second-order valence-corrected chi connectivity index (χ2v) is 6.61. The highest BCUT2D eigenvalue weighted by Gasteiger charge is 2.40. The quantitative estimate of drug-likeness (QED) is 0.853. The van der Waals surface area contributed by atoms with Gasteiger partial charge in [0.25, 0.3) is 0 Å². The van der Waals surface area contributed by atoms with Crippen LogP contribution in [0.5, 0.6) is 0 Å². The van der Waals surface area contributed by atoms with E-state index >= 15 is 0 Å². The van der Waals surface area contributed by atoms with Crippen LogP contribution in [0.4, 0.5) is 0 Å². The van der Waals surface area contributed by atoms with Crippen molar-refractivity contribution in [1.29, 1.82) is 0 Å². The Labute approximate surface area is 121 Å². The molecule has 1 aliphatic heterocycles. The molecule has 0 bridgehead atoms. The molecule has 0 aromatic heterocycles. The van der Waals surface area contributed by atoms with Gasteiger partial charge in [0.05, 0.1) is 5.41 Å². The van der Waals surface area contributed by atoms with Crippen LogP contribution in [0, 0.1) is 11.3 Å². The van der Waals surface area contributed by atoms with Crippen LogP contribution in [0.3, 0.4) is 0 Å². The molecule has 5 heteroatoms. The summed E-state index contributed by atoms with van der Waals surface area (Å²) >= 11 is 0. The first-order chi connectivity index (χ1) is 9.18. The molecule has 2 atom stereocenters. The number of likely N-dealkylation sites (N-methyl/N-ethyl adjacent to an activating group) is 1. The van der Waals surface area contributed by atoms with Gasteiger partial charge in [-0.1, -0.05) is 13.8 Å². The van der Waals surface area contributed by atoms with Crippen molar-refractivity contribution in [1.82, 2.24) is 9.80 Å². The van der Waals surface area contributed by atoms with E-state index in [1.54, 1.807) is 6.92 Å². The van der Waals surface area contributed by atoms with E-state index in [2.05, 4.69) is 11.9 Å². The lowest BCUT2D eigenvalue weighted by Crippen LogP contribution is -2.46. The first-order valence-electron chi connectivity index (χ1n) is 7.40. The molecule has 1 heterocycles. The molecule has 20 heavy (non-hydrogen) atoms. The van der Waals surface area contributed by atoms with Gasteiger partial charge < -0.3 is 14.9 Å². The minimum atomic E-state index is -0.991. The van der Waals surface area contributed by atoms with Gasteiger partial charge in [-0.15, -0.1) is 0 Å². The van der Waals surface area contributed by atoms with Gasteiger partial charge in [0, 0.05) is 25.6 Å². The van der Waals surface area contributed by atoms with Crippen LogP contribution in [-0.2, 0) is 9.59 Å². The molecular weight excluding hydrogens is 256 g/mol. The van der Waals surface area contributed by atoms with Crippen molar-refractivity contribution >= 4 is 11.9 Å². The summed E-state index contributed by atoms with van der Waals surface area (Å²) in [5.74, 6) is -0.999. The summed E-state index contributed by atoms with van der Waals surface area (Å²) in [5, 5.41) is 9.43. The second-order valence-electron chi connectivity index (χ2n) is 6.61. The minimum Gasteiger partial charge on any atom is -0.481 e. The first kappa shape index (κ1) is 17.0. The Morgan fingerprint density at radius 2 is 1.95 bits per heavy atom. The lowest BCUT2D eigenvalue weighted by atomic mass is 9.76. The molecule has 1 rings (SSSR count). The number of carbonyl (C=O) groups excluding carboxylic acids is 1. The standard InChI is InChI=1S/C15H28N2O3/c1-11(2)15(4,14(19)20)9-13(18)17-8-6-7-16(5)10-12(17)3/h11-12H,6-10H2,1-5H3,(H,19,20). The van der Waals surface area contributed by atoms with Crippen molar-refractivity contribution < 1.29 is 14.7 Å². The number of carbonyl (C=O) groups is 2. The van der Waals surface area contributed by atoms with E-state index in [4.69, 9.17) is 0 Å². The van der Waals surface area contributed by atoms with Crippen LogP contribution in [0.2, 0.25) is 0 Å². The predicted molar refractivity (Wildman–Crippen MR) is 78.5 cm³/mol. The van der Waals surface area contributed by atoms with Gasteiger partial charge in [0.2, 0.25) is 5.91 Å². The highest BCUT2D eigenvalue weighted by atomic mass is 16.4. The molecule has 1 amide bonds. The summed E-state index contributed by atoms with van der Waals surface area (Å²) in [7, 11) is 2.06. The molecule has 1 saturated heterocycles. The molecule has 1 aliphatic rings. The molecule has 0 spiro atoms. The average molecular weight is 284 g/mol. The van der Waals surface area contributed by atoms with Crippen molar-refractivity contribution in [2.45, 2.75) is 46.6 Å². The Morgan fingerprint density at radius 3 is 2.45 bits per heavy atom. The molecule has 116 valence electrons. The molecule has 0 aromatic carbocycles. The van der Waals surface area contributed by atoms with Crippen molar-refractivity contribution in [2.24, 2.45) is 11.3 Å². The molecule has 1 N–H and O–H groups in total. The smallest absolute Gasteiger partial charge is 0.310 e. The summed E-state index contributed by atoms with van der Waals surface area (Å²) in [6, 6.07) is 0.139. The summed E-state index contributed by atoms with van der Waals surface area (Å²) in [4.78, 5) is 28.1. The highest BCUT2D eigenvalue weighted by molar-refractivity contribution is 5.85. The van der Waals surface area contributed by atoms with Gasteiger partial charge in [0.1, 0.15) is 0 Å². The van der Waals surface area contributed by atoms with Crippen molar-refractivity contribution in [2.75, 3.05) is 26.7 Å². The number of carboxylic acids is 1. The van der Waals surface area contributed by atoms with Crippen molar-refractivity contribution in [3.05, 3.63) is 0 Å². The third kappa shape index (κ3) is 3.72. The fourth-order valence-corrected chi connectivity index (χ4v) is 2.69. The zero-order valence-corrected chi connectivity index (χ0v) is 13.3. The van der Waals surface area contributed by atoms with Crippen LogP contribution < -0.4 is 0 Å². The average Bonchev–Trinajstić information content (AvgIpc) is 2.49. The monoisotopic (exact) mass is 284 g/mol. The van der Waals surface area contributed by atoms with E-state index in [9.17, 15) is 14.7 Å². The van der Waals surface area contributed by atoms with Crippen molar-refractivity contribution in [3.8, 4) is 0 Å². The molecular formula is C15H28N2O3. The van der Waals surface area contributed by atoms with E-state index in [0.29, 0.717) is 0 Å². The number of rotatable bonds is 4. The topological polar surface area (TPSA) is 60.9 Å². The largest absolute Gasteiger partial charge is 0.481 e. The Morgan fingerprint density at radius 1 is 1.35 bits per heavy atom. The molecule has 0 saturated carbocycles. The maximum atomic E-state index is 12.5. The van der Waals surface area contributed by atoms with Gasteiger partial charge in [-0.3, -0.25) is 9.59 Å². The van der Waals surface area contributed by atoms with Gasteiger partial charge >= 0.3 is 5.97 Å². The molecule has 2 unspecified atom stereocenters. The van der Waals surface area contributed by atoms with Gasteiger partial charge in [-0.2, -0.15) is 0 Å². The summed E-state index contributed by atoms with van der Waals surface area (Å²) in [6.07, 6.45) is 1.02. The fraction of sp³-hybridized carbons (Fsp3) is 0.867. The summed E-state index contributed by atoms with van der Waals surface area (Å²) in [6.45, 7) is 9.98. The van der Waals surface area contributed by atoms with E-state index in [1.165, 1.54) is 0 Å². The highest BCUT2D eigenvalue weighted by Crippen LogP contribution is 2.32. The Kier molecular flexibility index (Phi) is 5.57. The number of carboxylic acid groups (broad SMARTS) is 1. The summed E-state index contributed by atoms with van der Waals surface area (Å²) < 4.78 is 0. The maximum absolute atomic E-state index is 12.5.